The molecule has 3 rings (SSSR count). The van der Waals surface area contributed by atoms with Gasteiger partial charge in [0, 0.05) is 26.1 Å². The van der Waals surface area contributed by atoms with Crippen LogP contribution >= 0.6 is 11.6 Å². The van der Waals surface area contributed by atoms with Crippen LogP contribution in [0.3, 0.4) is 0 Å². The lowest BCUT2D eigenvalue weighted by atomic mass is 9.91. The van der Waals surface area contributed by atoms with Crippen LogP contribution in [-0.4, -0.2) is 67.3 Å². The molecular formula is C20H29ClN2O4. The third-order valence-electron chi connectivity index (χ3n) is 5.55. The van der Waals surface area contributed by atoms with Crippen LogP contribution in [0.25, 0.3) is 0 Å². The number of phenols is 1. The van der Waals surface area contributed by atoms with Gasteiger partial charge in [0.1, 0.15) is 0 Å². The molecule has 0 aromatic heterocycles. The first kappa shape index (κ1) is 20.2. The van der Waals surface area contributed by atoms with Crippen LogP contribution in [0.4, 0.5) is 0 Å². The van der Waals surface area contributed by atoms with Gasteiger partial charge in [-0.2, -0.15) is 0 Å². The maximum absolute atomic E-state index is 12.3. The largest absolute Gasteiger partial charge is 0.503 e. The number of piperidine rings is 1. The molecule has 27 heavy (non-hydrogen) atoms. The number of benzene rings is 1. The number of amides is 1. The Hall–Kier alpha value is -1.50. The molecule has 7 heteroatoms. The number of carbonyl (C=O) groups excluding carboxylic acids is 1. The summed E-state index contributed by atoms with van der Waals surface area (Å²) >= 11 is 6.08. The minimum Gasteiger partial charge on any atom is -0.503 e. The van der Waals surface area contributed by atoms with E-state index in [0.29, 0.717) is 36.3 Å². The Bertz CT molecular complexity index is 641. The van der Waals surface area contributed by atoms with E-state index in [4.69, 9.17) is 21.1 Å². The Morgan fingerprint density at radius 3 is 2.63 bits per heavy atom. The molecule has 1 amide bonds. The second-order valence-electron chi connectivity index (χ2n) is 7.38. The summed E-state index contributed by atoms with van der Waals surface area (Å²) < 4.78 is 10.5. The average molecular weight is 397 g/mol. The predicted molar refractivity (Wildman–Crippen MR) is 104 cm³/mol. The van der Waals surface area contributed by atoms with Gasteiger partial charge in [-0.25, -0.2) is 0 Å². The molecule has 150 valence electrons. The number of aromatic hydroxyl groups is 1. The Labute approximate surface area is 166 Å². The first-order valence-corrected chi connectivity index (χ1v) is 10.1. The van der Waals surface area contributed by atoms with E-state index in [1.54, 1.807) is 6.07 Å². The number of halogens is 1. The Balaban J connectivity index is 1.42. The van der Waals surface area contributed by atoms with Gasteiger partial charge in [-0.05, 0) is 56.0 Å². The number of carbonyl (C=O) groups is 1. The molecule has 1 aromatic rings. The number of hydrogen-bond donors (Lipinski definition) is 1. The molecule has 0 saturated carbocycles. The van der Waals surface area contributed by atoms with Crippen molar-refractivity contribution in [2.75, 3.05) is 46.5 Å². The molecule has 2 aliphatic heterocycles. The summed E-state index contributed by atoms with van der Waals surface area (Å²) in [5.41, 5.74) is 1.04. The van der Waals surface area contributed by atoms with Gasteiger partial charge in [0.15, 0.2) is 11.5 Å². The average Bonchev–Trinajstić information content (AvgIpc) is 2.70. The molecular weight excluding hydrogens is 368 g/mol. The minimum absolute atomic E-state index is 0.00781. The molecule has 0 spiro atoms. The maximum atomic E-state index is 12.3. The quantitative estimate of drug-likeness (QED) is 0.801. The van der Waals surface area contributed by atoms with E-state index in [0.717, 1.165) is 57.5 Å². The normalized spacial score (nSPS) is 19.3. The fourth-order valence-corrected chi connectivity index (χ4v) is 4.10. The van der Waals surface area contributed by atoms with Gasteiger partial charge in [-0.15, -0.1) is 0 Å². The summed E-state index contributed by atoms with van der Waals surface area (Å²) in [4.78, 5) is 16.6. The molecule has 2 heterocycles. The standard InChI is InChI=1S/C20H29ClN2O4/c1-26-18-13-16(12-17(21)20(18)25)14-22-6-4-15(5-7-22)2-3-19(24)23-8-10-27-11-9-23/h12-13,15,25H,2-11,14H2,1H3. The zero-order valence-corrected chi connectivity index (χ0v) is 16.7. The van der Waals surface area contributed by atoms with Crippen molar-refractivity contribution in [1.29, 1.82) is 0 Å². The van der Waals surface area contributed by atoms with E-state index >= 15 is 0 Å². The number of hydrogen-bond acceptors (Lipinski definition) is 5. The molecule has 0 radical (unpaired) electrons. The van der Waals surface area contributed by atoms with Crippen LogP contribution in [0.5, 0.6) is 11.5 Å². The highest BCUT2D eigenvalue weighted by atomic mass is 35.5. The molecule has 0 atom stereocenters. The highest BCUT2D eigenvalue weighted by Crippen LogP contribution is 2.35. The zero-order chi connectivity index (χ0) is 19.2. The number of rotatable bonds is 6. The fraction of sp³-hybridized carbons (Fsp3) is 0.650. The molecule has 2 fully saturated rings. The number of methoxy groups -OCH3 is 1. The van der Waals surface area contributed by atoms with Gasteiger partial charge in [0.25, 0.3) is 0 Å². The van der Waals surface area contributed by atoms with Gasteiger partial charge in [0.2, 0.25) is 5.91 Å². The van der Waals surface area contributed by atoms with Crippen LogP contribution < -0.4 is 4.74 Å². The summed E-state index contributed by atoms with van der Waals surface area (Å²) in [6, 6.07) is 3.64. The molecule has 0 unspecified atom stereocenters. The lowest BCUT2D eigenvalue weighted by Crippen LogP contribution is -2.41. The summed E-state index contributed by atoms with van der Waals surface area (Å²) in [6.07, 6.45) is 3.84. The van der Waals surface area contributed by atoms with Crippen LogP contribution in [0.1, 0.15) is 31.2 Å². The maximum Gasteiger partial charge on any atom is 0.222 e. The Kier molecular flexibility index (Phi) is 7.21. The molecule has 1 aromatic carbocycles. The number of morpholine rings is 1. The Morgan fingerprint density at radius 2 is 1.96 bits per heavy atom. The Morgan fingerprint density at radius 1 is 1.26 bits per heavy atom. The molecule has 2 aliphatic rings. The third kappa shape index (κ3) is 5.50. The predicted octanol–water partition coefficient (Wildman–Crippen LogP) is 2.91. The molecule has 0 bridgehead atoms. The second-order valence-corrected chi connectivity index (χ2v) is 7.79. The highest BCUT2D eigenvalue weighted by molar-refractivity contribution is 6.32. The van der Waals surface area contributed by atoms with Crippen molar-refractivity contribution < 1.29 is 19.4 Å². The van der Waals surface area contributed by atoms with E-state index < -0.39 is 0 Å². The summed E-state index contributed by atoms with van der Waals surface area (Å²) in [7, 11) is 1.53. The van der Waals surface area contributed by atoms with E-state index in [2.05, 4.69) is 4.90 Å². The van der Waals surface area contributed by atoms with Crippen molar-refractivity contribution in [2.24, 2.45) is 5.92 Å². The van der Waals surface area contributed by atoms with E-state index in [1.807, 2.05) is 11.0 Å². The highest BCUT2D eigenvalue weighted by Gasteiger charge is 2.23. The monoisotopic (exact) mass is 396 g/mol. The molecule has 1 N–H and O–H groups in total. The van der Waals surface area contributed by atoms with Crippen molar-refractivity contribution in [3.05, 3.63) is 22.7 Å². The molecule has 6 nitrogen and oxygen atoms in total. The van der Waals surface area contributed by atoms with Gasteiger partial charge in [0.05, 0.1) is 25.3 Å². The van der Waals surface area contributed by atoms with Crippen molar-refractivity contribution in [3.63, 3.8) is 0 Å². The van der Waals surface area contributed by atoms with Crippen LogP contribution in [0, 0.1) is 5.92 Å². The number of phenolic OH excluding ortho intramolecular Hbond substituents is 1. The van der Waals surface area contributed by atoms with Crippen LogP contribution in [-0.2, 0) is 16.1 Å². The lowest BCUT2D eigenvalue weighted by molar-refractivity contribution is -0.135. The van der Waals surface area contributed by atoms with Gasteiger partial charge >= 0.3 is 0 Å². The fourth-order valence-electron chi connectivity index (χ4n) is 3.86. The van der Waals surface area contributed by atoms with Gasteiger partial charge in [-0.3, -0.25) is 9.69 Å². The van der Waals surface area contributed by atoms with Gasteiger partial charge < -0.3 is 19.5 Å². The SMILES string of the molecule is COc1cc(CN2CCC(CCC(=O)N3CCOCC3)CC2)cc(Cl)c1O. The first-order chi connectivity index (χ1) is 13.1. The topological polar surface area (TPSA) is 62.2 Å². The minimum atomic E-state index is -0.00781. The van der Waals surface area contributed by atoms with Crippen LogP contribution in [0.15, 0.2) is 12.1 Å². The van der Waals surface area contributed by atoms with E-state index in [1.165, 1.54) is 7.11 Å². The third-order valence-corrected chi connectivity index (χ3v) is 5.84. The number of ether oxygens (including phenoxy) is 2. The van der Waals surface area contributed by atoms with Crippen molar-refractivity contribution >= 4 is 17.5 Å². The van der Waals surface area contributed by atoms with Gasteiger partial charge in [-0.1, -0.05) is 11.6 Å². The van der Waals surface area contributed by atoms with E-state index in [9.17, 15) is 9.90 Å². The van der Waals surface area contributed by atoms with Crippen LogP contribution in [0.2, 0.25) is 5.02 Å². The summed E-state index contributed by atoms with van der Waals surface area (Å²) in [5.74, 6) is 1.29. The molecule has 2 saturated heterocycles. The molecule has 0 aliphatic carbocycles. The second kappa shape index (κ2) is 9.62. The summed E-state index contributed by atoms with van der Waals surface area (Å²) in [6.45, 7) is 5.60. The van der Waals surface area contributed by atoms with Crippen molar-refractivity contribution in [1.82, 2.24) is 9.80 Å². The van der Waals surface area contributed by atoms with E-state index in [-0.39, 0.29) is 11.7 Å². The number of likely N-dealkylation sites (tertiary alicyclic amines) is 1. The first-order valence-electron chi connectivity index (χ1n) is 9.70. The van der Waals surface area contributed by atoms with Crippen molar-refractivity contribution in [3.8, 4) is 11.5 Å². The zero-order valence-electron chi connectivity index (χ0n) is 16.0. The van der Waals surface area contributed by atoms with Crippen molar-refractivity contribution in [2.45, 2.75) is 32.2 Å². The summed E-state index contributed by atoms with van der Waals surface area (Å²) in [5, 5.41) is 10.2. The lowest BCUT2D eigenvalue weighted by Gasteiger charge is -2.33. The smallest absolute Gasteiger partial charge is 0.222 e. The number of nitrogens with zero attached hydrogens (tertiary/aromatic N) is 2.